The predicted octanol–water partition coefficient (Wildman–Crippen LogP) is 1.07. The molecule has 16 heavy (non-hydrogen) atoms. The molecular formula is C11H25NO3S. The first-order valence-corrected chi connectivity index (χ1v) is 7.54. The van der Waals surface area contributed by atoms with E-state index in [1.54, 1.807) is 14.0 Å². The van der Waals surface area contributed by atoms with Gasteiger partial charge in [0.25, 0.3) is 0 Å². The fourth-order valence-corrected chi connectivity index (χ4v) is 2.91. The van der Waals surface area contributed by atoms with Crippen LogP contribution in [0.1, 0.15) is 27.2 Å². The van der Waals surface area contributed by atoms with Crippen molar-refractivity contribution >= 4 is 9.84 Å². The molecular weight excluding hydrogens is 226 g/mol. The normalized spacial score (nSPS) is 14.3. The van der Waals surface area contributed by atoms with E-state index >= 15 is 0 Å². The van der Waals surface area contributed by atoms with Crippen LogP contribution in [-0.2, 0) is 14.6 Å². The molecule has 1 N–H and O–H groups in total. The predicted molar refractivity (Wildman–Crippen MR) is 67.4 cm³/mol. The Bertz CT molecular complexity index is 262. The third-order valence-corrected chi connectivity index (χ3v) is 5.22. The van der Waals surface area contributed by atoms with Crippen LogP contribution in [0.5, 0.6) is 0 Å². The van der Waals surface area contributed by atoms with Crippen LogP contribution in [0.15, 0.2) is 0 Å². The van der Waals surface area contributed by atoms with Gasteiger partial charge in [-0.25, -0.2) is 8.42 Å². The number of sulfone groups is 1. The van der Waals surface area contributed by atoms with Gasteiger partial charge in [-0.15, -0.1) is 0 Å². The fraction of sp³-hybridized carbons (Fsp3) is 1.00. The SMILES string of the molecule is COCCCNCCS(=O)(=O)C(C)C(C)C. The van der Waals surface area contributed by atoms with E-state index in [0.29, 0.717) is 13.2 Å². The summed E-state index contributed by atoms with van der Waals surface area (Å²) in [6.45, 7) is 7.71. The highest BCUT2D eigenvalue weighted by Crippen LogP contribution is 2.11. The average Bonchev–Trinajstić information content (AvgIpc) is 2.22. The second-order valence-electron chi connectivity index (χ2n) is 4.41. The van der Waals surface area contributed by atoms with Crippen molar-refractivity contribution in [3.63, 3.8) is 0 Å². The zero-order valence-electron chi connectivity index (χ0n) is 10.8. The van der Waals surface area contributed by atoms with E-state index in [4.69, 9.17) is 4.74 Å². The molecule has 0 saturated heterocycles. The number of nitrogens with one attached hydrogen (secondary N) is 1. The molecule has 0 heterocycles. The van der Waals surface area contributed by atoms with Gasteiger partial charge in [0, 0.05) is 20.3 Å². The van der Waals surface area contributed by atoms with Crippen molar-refractivity contribution in [3.8, 4) is 0 Å². The zero-order chi connectivity index (χ0) is 12.6. The van der Waals surface area contributed by atoms with E-state index in [1.165, 1.54) is 0 Å². The lowest BCUT2D eigenvalue weighted by molar-refractivity contribution is 0.194. The Morgan fingerprint density at radius 1 is 1.19 bits per heavy atom. The lowest BCUT2D eigenvalue weighted by Gasteiger charge is -2.16. The molecule has 0 bridgehead atoms. The van der Waals surface area contributed by atoms with Gasteiger partial charge in [-0.05, 0) is 25.8 Å². The van der Waals surface area contributed by atoms with Crippen LogP contribution in [0.4, 0.5) is 0 Å². The minimum atomic E-state index is -2.95. The summed E-state index contributed by atoms with van der Waals surface area (Å²) in [5.41, 5.74) is 0. The first-order valence-electron chi connectivity index (χ1n) is 5.83. The highest BCUT2D eigenvalue weighted by Gasteiger charge is 2.22. The topological polar surface area (TPSA) is 55.4 Å². The second kappa shape index (κ2) is 8.03. The average molecular weight is 251 g/mol. The van der Waals surface area contributed by atoms with Crippen molar-refractivity contribution in [1.29, 1.82) is 0 Å². The molecule has 0 radical (unpaired) electrons. The summed E-state index contributed by atoms with van der Waals surface area (Å²) in [6, 6.07) is 0. The standard InChI is InChI=1S/C11H25NO3S/c1-10(2)11(3)16(13,14)9-7-12-6-5-8-15-4/h10-12H,5-9H2,1-4H3. The minimum Gasteiger partial charge on any atom is -0.385 e. The summed E-state index contributed by atoms with van der Waals surface area (Å²) >= 11 is 0. The summed E-state index contributed by atoms with van der Waals surface area (Å²) in [5.74, 6) is 0.401. The molecule has 0 aromatic rings. The van der Waals surface area contributed by atoms with Crippen molar-refractivity contribution in [2.75, 3.05) is 32.6 Å². The van der Waals surface area contributed by atoms with Crippen LogP contribution in [0.2, 0.25) is 0 Å². The van der Waals surface area contributed by atoms with Crippen molar-refractivity contribution in [2.45, 2.75) is 32.4 Å². The summed E-state index contributed by atoms with van der Waals surface area (Å²) in [6.07, 6.45) is 0.913. The third kappa shape index (κ3) is 6.45. The fourth-order valence-electron chi connectivity index (χ4n) is 1.28. The van der Waals surface area contributed by atoms with Gasteiger partial charge in [0.15, 0.2) is 9.84 Å². The Kier molecular flexibility index (Phi) is 7.97. The zero-order valence-corrected chi connectivity index (χ0v) is 11.6. The Morgan fingerprint density at radius 2 is 1.81 bits per heavy atom. The van der Waals surface area contributed by atoms with E-state index in [0.717, 1.165) is 13.0 Å². The van der Waals surface area contributed by atoms with E-state index in [-0.39, 0.29) is 16.9 Å². The smallest absolute Gasteiger partial charge is 0.154 e. The monoisotopic (exact) mass is 251 g/mol. The summed E-state index contributed by atoms with van der Waals surface area (Å²) < 4.78 is 28.5. The molecule has 0 aromatic carbocycles. The molecule has 0 fully saturated rings. The lowest BCUT2D eigenvalue weighted by atomic mass is 10.2. The van der Waals surface area contributed by atoms with Gasteiger partial charge in [0.1, 0.15) is 0 Å². The molecule has 0 aromatic heterocycles. The van der Waals surface area contributed by atoms with Gasteiger partial charge in [0.2, 0.25) is 0 Å². The van der Waals surface area contributed by atoms with Gasteiger partial charge in [-0.1, -0.05) is 13.8 Å². The van der Waals surface area contributed by atoms with Crippen LogP contribution in [0.3, 0.4) is 0 Å². The van der Waals surface area contributed by atoms with Crippen molar-refractivity contribution in [3.05, 3.63) is 0 Å². The molecule has 0 rings (SSSR count). The number of ether oxygens (including phenoxy) is 1. The largest absolute Gasteiger partial charge is 0.385 e. The molecule has 0 aliphatic rings. The van der Waals surface area contributed by atoms with E-state index in [9.17, 15) is 8.42 Å². The maximum absolute atomic E-state index is 11.8. The van der Waals surface area contributed by atoms with Crippen LogP contribution in [0, 0.1) is 5.92 Å². The van der Waals surface area contributed by atoms with Gasteiger partial charge in [0.05, 0.1) is 11.0 Å². The first kappa shape index (κ1) is 15.9. The molecule has 0 amide bonds. The lowest BCUT2D eigenvalue weighted by Crippen LogP contribution is -2.31. The minimum absolute atomic E-state index is 0.179. The van der Waals surface area contributed by atoms with Gasteiger partial charge < -0.3 is 10.1 Å². The summed E-state index contributed by atoms with van der Waals surface area (Å²) in [5, 5.41) is 2.85. The number of hydrogen-bond donors (Lipinski definition) is 1. The Labute approximate surface area is 99.7 Å². The third-order valence-electron chi connectivity index (χ3n) is 2.77. The number of hydrogen-bond acceptors (Lipinski definition) is 4. The first-order chi connectivity index (χ1) is 7.41. The molecule has 0 aliphatic heterocycles. The maximum Gasteiger partial charge on any atom is 0.154 e. The molecule has 1 unspecified atom stereocenters. The molecule has 4 nitrogen and oxygen atoms in total. The van der Waals surface area contributed by atoms with E-state index < -0.39 is 9.84 Å². The highest BCUT2D eigenvalue weighted by atomic mass is 32.2. The van der Waals surface area contributed by atoms with Gasteiger partial charge in [-0.3, -0.25) is 0 Å². The van der Waals surface area contributed by atoms with Crippen molar-refractivity contribution in [1.82, 2.24) is 5.32 Å². The quantitative estimate of drug-likeness (QED) is 0.623. The summed E-state index contributed by atoms with van der Waals surface area (Å²) in [4.78, 5) is 0. The Balaban J connectivity index is 3.75. The number of methoxy groups -OCH3 is 1. The number of rotatable bonds is 9. The van der Waals surface area contributed by atoms with Crippen LogP contribution >= 0.6 is 0 Å². The van der Waals surface area contributed by atoms with Crippen molar-refractivity contribution < 1.29 is 13.2 Å². The van der Waals surface area contributed by atoms with Crippen molar-refractivity contribution in [2.24, 2.45) is 5.92 Å². The van der Waals surface area contributed by atoms with Gasteiger partial charge in [-0.2, -0.15) is 0 Å². The van der Waals surface area contributed by atoms with Crippen LogP contribution < -0.4 is 5.32 Å². The molecule has 98 valence electrons. The Hall–Kier alpha value is -0.130. The molecule has 0 spiro atoms. The van der Waals surface area contributed by atoms with Crippen LogP contribution in [0.25, 0.3) is 0 Å². The second-order valence-corrected chi connectivity index (χ2v) is 6.89. The van der Waals surface area contributed by atoms with E-state index in [1.807, 2.05) is 13.8 Å². The molecule has 0 saturated carbocycles. The molecule has 5 heteroatoms. The van der Waals surface area contributed by atoms with Crippen LogP contribution in [-0.4, -0.2) is 46.2 Å². The highest BCUT2D eigenvalue weighted by molar-refractivity contribution is 7.92. The van der Waals surface area contributed by atoms with E-state index in [2.05, 4.69) is 5.32 Å². The molecule has 1 atom stereocenters. The summed E-state index contributed by atoms with van der Waals surface area (Å²) in [7, 11) is -1.28. The molecule has 0 aliphatic carbocycles. The maximum atomic E-state index is 11.8. The van der Waals surface area contributed by atoms with Gasteiger partial charge >= 0.3 is 0 Å². The Morgan fingerprint density at radius 3 is 2.31 bits per heavy atom.